The molecule has 1 amide bonds. The summed E-state index contributed by atoms with van der Waals surface area (Å²) in [5, 5.41) is 21.6. The highest BCUT2D eigenvalue weighted by Gasteiger charge is 2.25. The highest BCUT2D eigenvalue weighted by atomic mass is 79.9. The fourth-order valence-electron chi connectivity index (χ4n) is 2.59. The summed E-state index contributed by atoms with van der Waals surface area (Å²) in [4.78, 5) is 34.6. The number of carbonyl (C=O) groups excluding carboxylic acids is 2. The van der Waals surface area contributed by atoms with Crippen molar-refractivity contribution in [3.8, 4) is 5.75 Å². The summed E-state index contributed by atoms with van der Waals surface area (Å²) in [6.07, 6.45) is 0.594. The van der Waals surface area contributed by atoms with E-state index in [9.17, 15) is 19.5 Å². The van der Waals surface area contributed by atoms with Crippen molar-refractivity contribution in [2.24, 2.45) is 5.92 Å². The number of carboxylic acids is 1. The number of carboxylic acid groups (broad SMARTS) is 1. The summed E-state index contributed by atoms with van der Waals surface area (Å²) >= 11 is 3.31. The average molecular weight is 462 g/mol. The molecule has 7 nitrogen and oxygen atoms in total. The maximum Gasteiger partial charge on any atom is 0.412 e. The monoisotopic (exact) mass is 461 g/mol. The van der Waals surface area contributed by atoms with Crippen LogP contribution in [0.2, 0.25) is 0 Å². The lowest BCUT2D eigenvalue weighted by Crippen LogP contribution is -2.21. The van der Waals surface area contributed by atoms with Crippen LogP contribution in [-0.4, -0.2) is 28.1 Å². The third-order valence-electron chi connectivity index (χ3n) is 4.09. The van der Waals surface area contributed by atoms with Crippen LogP contribution in [0.1, 0.15) is 35.9 Å². The molecule has 0 heterocycles. The van der Waals surface area contributed by atoms with Crippen molar-refractivity contribution in [1.82, 2.24) is 0 Å². The van der Waals surface area contributed by atoms with E-state index in [-0.39, 0.29) is 11.5 Å². The largest absolute Gasteiger partial charge is 0.508 e. The summed E-state index contributed by atoms with van der Waals surface area (Å²) in [6.45, 7) is 3.11. The number of phenols is 1. The molecule has 29 heavy (non-hydrogen) atoms. The van der Waals surface area contributed by atoms with E-state index in [0.29, 0.717) is 21.3 Å². The summed E-state index contributed by atoms with van der Waals surface area (Å²) in [5.74, 6) is -1.86. The van der Waals surface area contributed by atoms with E-state index in [1.165, 1.54) is 19.1 Å². The van der Waals surface area contributed by atoms with E-state index in [1.54, 1.807) is 43.3 Å². The molecule has 0 saturated carbocycles. The molecule has 3 N–H and O–H groups in total. The van der Waals surface area contributed by atoms with E-state index in [2.05, 4.69) is 21.2 Å². The molecule has 0 saturated heterocycles. The van der Waals surface area contributed by atoms with Crippen molar-refractivity contribution < 1.29 is 29.3 Å². The normalized spacial score (nSPS) is 12.9. The molecular weight excluding hydrogens is 442 g/mol. The molecule has 0 fully saturated rings. The van der Waals surface area contributed by atoms with E-state index in [0.717, 1.165) is 6.08 Å². The third kappa shape index (κ3) is 6.46. The number of halogens is 1. The Morgan fingerprint density at radius 2 is 1.79 bits per heavy atom. The van der Waals surface area contributed by atoms with Crippen molar-refractivity contribution in [2.45, 2.75) is 20.0 Å². The van der Waals surface area contributed by atoms with E-state index >= 15 is 0 Å². The zero-order valence-electron chi connectivity index (χ0n) is 15.8. The number of hydrogen-bond acceptors (Lipinski definition) is 5. The van der Waals surface area contributed by atoms with Crippen LogP contribution in [0.15, 0.2) is 59.1 Å². The van der Waals surface area contributed by atoms with Gasteiger partial charge in [-0.15, -0.1) is 0 Å². The van der Waals surface area contributed by atoms with Crippen molar-refractivity contribution in [2.75, 3.05) is 5.32 Å². The predicted molar refractivity (Wildman–Crippen MR) is 111 cm³/mol. The number of rotatable bonds is 7. The number of ketones is 1. The van der Waals surface area contributed by atoms with Gasteiger partial charge in [-0.1, -0.05) is 28.9 Å². The molecular formula is C21H20BrNO6. The molecule has 0 unspecified atom stereocenters. The Balaban J connectivity index is 2.24. The smallest absolute Gasteiger partial charge is 0.412 e. The Morgan fingerprint density at radius 1 is 1.14 bits per heavy atom. The number of phenolic OH excluding ortho intramolecular Hbond substituents is 1. The number of amides is 1. The molecule has 0 spiro atoms. The highest BCUT2D eigenvalue weighted by molar-refractivity contribution is 9.10. The van der Waals surface area contributed by atoms with Gasteiger partial charge in [0.15, 0.2) is 5.78 Å². The van der Waals surface area contributed by atoms with Crippen LogP contribution in [0.5, 0.6) is 5.75 Å². The number of carbonyl (C=O) groups is 3. The molecule has 0 aliphatic heterocycles. The first-order valence-corrected chi connectivity index (χ1v) is 9.45. The predicted octanol–water partition coefficient (Wildman–Crippen LogP) is 4.92. The fraction of sp³-hybridized carbons (Fsp3) is 0.190. The Kier molecular flexibility index (Phi) is 7.55. The van der Waals surface area contributed by atoms with Crippen LogP contribution in [0.4, 0.5) is 10.5 Å². The standard InChI is InChI=1S/C21H20BrNO6/c1-12(3-10-19(26)27)20(17-11-15(22)6-9-18(17)25)29-21(28)23-16-7-4-14(5-8-16)13(2)24/h3-12,20,25H,1-2H3,(H,23,28)(H,26,27)/b10-3+/t12-,20+/m1/s1. The SMILES string of the molecule is CC(=O)c1ccc(NC(=O)O[C@H](c2cc(Br)ccc2O)[C@H](C)/C=C/C(=O)O)cc1. The van der Waals surface area contributed by atoms with Gasteiger partial charge in [0.05, 0.1) is 0 Å². The molecule has 2 atom stereocenters. The first-order chi connectivity index (χ1) is 13.7. The molecule has 0 aliphatic rings. The van der Waals surface area contributed by atoms with Crippen molar-refractivity contribution >= 4 is 39.5 Å². The molecule has 0 bridgehead atoms. The average Bonchev–Trinajstić information content (AvgIpc) is 2.66. The summed E-state index contributed by atoms with van der Waals surface area (Å²) in [5.41, 5.74) is 1.25. The number of hydrogen-bond donors (Lipinski definition) is 3. The molecule has 8 heteroatoms. The number of ether oxygens (including phenoxy) is 1. The van der Waals surface area contributed by atoms with E-state index < -0.39 is 24.1 Å². The molecule has 0 aliphatic carbocycles. The van der Waals surface area contributed by atoms with E-state index in [1.807, 2.05) is 0 Å². The third-order valence-corrected chi connectivity index (χ3v) is 4.58. The lowest BCUT2D eigenvalue weighted by molar-refractivity contribution is -0.131. The zero-order valence-corrected chi connectivity index (χ0v) is 17.3. The Hall–Kier alpha value is -3.13. The molecule has 2 aromatic rings. The van der Waals surface area contributed by atoms with Gasteiger partial charge in [0.2, 0.25) is 0 Å². The molecule has 2 rings (SSSR count). The summed E-state index contributed by atoms with van der Waals surface area (Å²) in [6, 6.07) is 11.0. The van der Waals surface area contributed by atoms with Crippen LogP contribution in [0.3, 0.4) is 0 Å². The molecule has 0 radical (unpaired) electrons. The van der Waals surface area contributed by atoms with Crippen molar-refractivity contribution in [3.05, 3.63) is 70.2 Å². The Bertz CT molecular complexity index is 939. The van der Waals surface area contributed by atoms with Crippen LogP contribution < -0.4 is 5.32 Å². The quantitative estimate of drug-likeness (QED) is 0.398. The molecule has 152 valence electrons. The van der Waals surface area contributed by atoms with Crippen molar-refractivity contribution in [3.63, 3.8) is 0 Å². The molecule has 0 aromatic heterocycles. The number of Topliss-reactive ketones (excluding diaryl/α,β-unsaturated/α-hetero) is 1. The number of nitrogens with one attached hydrogen (secondary N) is 1. The topological polar surface area (TPSA) is 113 Å². The minimum absolute atomic E-state index is 0.0904. The second-order valence-electron chi connectivity index (χ2n) is 6.34. The van der Waals surface area contributed by atoms with Gasteiger partial charge >= 0.3 is 12.1 Å². The Labute approximate surface area is 176 Å². The second kappa shape index (κ2) is 9.88. The van der Waals surface area contributed by atoms with Gasteiger partial charge in [0, 0.05) is 33.3 Å². The van der Waals surface area contributed by atoms with Gasteiger partial charge in [0.25, 0.3) is 0 Å². The van der Waals surface area contributed by atoms with Crippen LogP contribution in [0, 0.1) is 5.92 Å². The van der Waals surface area contributed by atoms with Gasteiger partial charge in [-0.2, -0.15) is 0 Å². The highest BCUT2D eigenvalue weighted by Crippen LogP contribution is 2.35. The first-order valence-electron chi connectivity index (χ1n) is 8.65. The molecule has 2 aromatic carbocycles. The second-order valence-corrected chi connectivity index (χ2v) is 7.26. The van der Waals surface area contributed by atoms with E-state index in [4.69, 9.17) is 9.84 Å². The lowest BCUT2D eigenvalue weighted by Gasteiger charge is -2.23. The van der Waals surface area contributed by atoms with Crippen LogP contribution in [0.25, 0.3) is 0 Å². The fourth-order valence-corrected chi connectivity index (χ4v) is 2.97. The first kappa shape index (κ1) is 22.2. The number of aromatic hydroxyl groups is 1. The van der Waals surface area contributed by atoms with Gasteiger partial charge < -0.3 is 14.9 Å². The Morgan fingerprint density at radius 3 is 2.38 bits per heavy atom. The summed E-state index contributed by atoms with van der Waals surface area (Å²) in [7, 11) is 0. The van der Waals surface area contributed by atoms with Gasteiger partial charge in [0.1, 0.15) is 11.9 Å². The van der Waals surface area contributed by atoms with Crippen LogP contribution >= 0.6 is 15.9 Å². The number of aliphatic carboxylic acids is 1. The van der Waals surface area contributed by atoms with Crippen molar-refractivity contribution in [1.29, 1.82) is 0 Å². The maximum absolute atomic E-state index is 12.4. The summed E-state index contributed by atoms with van der Waals surface area (Å²) < 4.78 is 6.17. The number of anilines is 1. The van der Waals surface area contributed by atoms with Gasteiger partial charge in [-0.3, -0.25) is 10.1 Å². The minimum Gasteiger partial charge on any atom is -0.508 e. The maximum atomic E-state index is 12.4. The minimum atomic E-state index is -1.14. The number of benzene rings is 2. The van der Waals surface area contributed by atoms with Gasteiger partial charge in [-0.05, 0) is 49.4 Å². The van der Waals surface area contributed by atoms with Crippen LogP contribution in [-0.2, 0) is 9.53 Å². The van der Waals surface area contributed by atoms with Gasteiger partial charge in [-0.25, -0.2) is 9.59 Å². The lowest BCUT2D eigenvalue weighted by atomic mass is 9.96. The zero-order chi connectivity index (χ0) is 21.6.